The highest BCUT2D eigenvalue weighted by molar-refractivity contribution is 7.90. The Morgan fingerprint density at radius 1 is 0.958 bits per heavy atom. The lowest BCUT2D eigenvalue weighted by atomic mass is 10.2. The van der Waals surface area contributed by atoms with Gasteiger partial charge in [0.05, 0.1) is 6.20 Å². The second-order valence-corrected chi connectivity index (χ2v) is 7.45. The molecule has 1 aromatic carbocycles. The van der Waals surface area contributed by atoms with E-state index >= 15 is 0 Å². The average Bonchev–Trinajstić information content (AvgIpc) is 2.81. The van der Waals surface area contributed by atoms with E-state index in [4.69, 9.17) is 0 Å². The van der Waals surface area contributed by atoms with Crippen LogP contribution in [0.2, 0.25) is 0 Å². The zero-order chi connectivity index (χ0) is 18.6. The molecule has 2 aromatic rings. The molecule has 2 rings (SSSR count). The van der Waals surface area contributed by atoms with Crippen molar-refractivity contribution >= 4 is 31.0 Å². The van der Waals surface area contributed by atoms with E-state index in [2.05, 4.69) is 9.28 Å². The summed E-state index contributed by atoms with van der Waals surface area (Å²) in [7, 11) is -12.1. The quantitative estimate of drug-likeness (QED) is 0.446. The Morgan fingerprint density at radius 3 is 2.04 bits per heavy atom. The molecule has 1 heterocycles. The molecule has 1 aromatic heterocycles. The summed E-state index contributed by atoms with van der Waals surface area (Å²) in [5, 5.41) is 2.58. The van der Waals surface area contributed by atoms with Crippen LogP contribution in [0.5, 0.6) is 5.75 Å². The summed E-state index contributed by atoms with van der Waals surface area (Å²) in [4.78, 5) is 0. The number of fused-ring (bicyclic) bond motifs is 1. The molecule has 0 spiro atoms. The maximum atomic E-state index is 12.5. The summed E-state index contributed by atoms with van der Waals surface area (Å²) in [6.07, 6.45) is 0.352. The third-order valence-corrected chi connectivity index (χ3v) is 4.73. The second-order valence-electron chi connectivity index (χ2n) is 4.13. The first-order chi connectivity index (χ1) is 10.7. The van der Waals surface area contributed by atoms with Crippen LogP contribution in [-0.2, 0) is 20.1 Å². The Balaban J connectivity index is 2.61. The minimum Gasteiger partial charge on any atom is -0.374 e. The van der Waals surface area contributed by atoms with Crippen molar-refractivity contribution in [2.75, 3.05) is 0 Å². The monoisotopic (exact) mass is 398 g/mol. The van der Waals surface area contributed by atoms with Crippen LogP contribution in [0.1, 0.15) is 0 Å². The first-order valence-electron chi connectivity index (χ1n) is 5.48. The lowest BCUT2D eigenvalue weighted by molar-refractivity contribution is -0.0500. The highest BCUT2D eigenvalue weighted by Crippen LogP contribution is 2.32. The fourth-order valence-electron chi connectivity index (χ4n) is 1.46. The van der Waals surface area contributed by atoms with E-state index in [1.807, 2.05) is 0 Å². The molecule has 0 atom stereocenters. The smallest absolute Gasteiger partial charge is 0.374 e. The van der Waals surface area contributed by atoms with Gasteiger partial charge < -0.3 is 4.18 Å². The predicted octanol–water partition coefficient (Wildman–Crippen LogP) is 1.96. The number of benzene rings is 1. The van der Waals surface area contributed by atoms with Crippen molar-refractivity contribution < 1.29 is 47.4 Å². The van der Waals surface area contributed by atoms with E-state index in [1.54, 1.807) is 0 Å². The number of alkyl halides is 6. The molecular weight excluding hydrogens is 394 g/mol. The fourth-order valence-corrected chi connectivity index (χ4v) is 2.58. The van der Waals surface area contributed by atoms with Gasteiger partial charge in [0.1, 0.15) is 5.52 Å². The van der Waals surface area contributed by atoms with Gasteiger partial charge in [-0.25, -0.2) is 0 Å². The van der Waals surface area contributed by atoms with Gasteiger partial charge >= 0.3 is 31.2 Å². The molecule has 0 amide bonds. The molecule has 0 aliphatic heterocycles. The highest BCUT2D eigenvalue weighted by atomic mass is 32.2. The molecule has 0 saturated heterocycles. The van der Waals surface area contributed by atoms with Gasteiger partial charge in [0.2, 0.25) is 0 Å². The van der Waals surface area contributed by atoms with E-state index in [1.165, 1.54) is 0 Å². The molecule has 0 bridgehead atoms. The van der Waals surface area contributed by atoms with Gasteiger partial charge in [0.25, 0.3) is 0 Å². The van der Waals surface area contributed by atoms with Gasteiger partial charge in [-0.3, -0.25) is 0 Å². The molecule has 0 fully saturated rings. The molecule has 0 saturated carbocycles. The Kier molecular flexibility index (Phi) is 3.99. The fraction of sp³-hybridized carbons (Fsp3) is 0.222. The lowest BCUT2D eigenvalue weighted by Crippen LogP contribution is -2.30. The Bertz CT molecular complexity index is 990. The standard InChI is InChI=1S/C9H4F6N2O5S2/c10-8(11,12)23(18,19)17-4-5-2-1-3-6(7(5)16-17)22-24(20,21)9(13,14)15/h1-4H. The third kappa shape index (κ3) is 3.00. The summed E-state index contributed by atoms with van der Waals surface area (Å²) in [5.74, 6) is -1.08. The van der Waals surface area contributed by atoms with Gasteiger partial charge in [-0.05, 0) is 6.07 Å². The summed E-state index contributed by atoms with van der Waals surface area (Å²) < 4.78 is 122. The number of nitrogens with zero attached hydrogens (tertiary/aromatic N) is 2. The number of hydrogen-bond donors (Lipinski definition) is 0. The summed E-state index contributed by atoms with van der Waals surface area (Å²) in [5.41, 5.74) is -12.3. The normalized spacial score (nSPS) is 14.1. The molecule has 24 heavy (non-hydrogen) atoms. The van der Waals surface area contributed by atoms with Crippen molar-refractivity contribution in [3.8, 4) is 5.75 Å². The molecule has 7 nitrogen and oxygen atoms in total. The molecule has 0 unspecified atom stereocenters. The summed E-state index contributed by atoms with van der Waals surface area (Å²) >= 11 is 0. The molecular formula is C9H4F6N2O5S2. The molecule has 0 aliphatic carbocycles. The van der Waals surface area contributed by atoms with Gasteiger partial charge in [0, 0.05) is 5.39 Å². The van der Waals surface area contributed by atoms with Gasteiger partial charge in [-0.1, -0.05) is 12.1 Å². The topological polar surface area (TPSA) is 95.3 Å². The molecule has 134 valence electrons. The van der Waals surface area contributed by atoms with Crippen LogP contribution in [0, 0.1) is 0 Å². The first-order valence-corrected chi connectivity index (χ1v) is 8.32. The minimum atomic E-state index is -6.12. The Morgan fingerprint density at radius 2 is 1.54 bits per heavy atom. The predicted molar refractivity (Wildman–Crippen MR) is 65.7 cm³/mol. The van der Waals surface area contributed by atoms with Crippen molar-refractivity contribution in [2.24, 2.45) is 0 Å². The van der Waals surface area contributed by atoms with E-state index in [9.17, 15) is 43.2 Å². The number of hydrogen-bond acceptors (Lipinski definition) is 6. The van der Waals surface area contributed by atoms with E-state index in [0.29, 0.717) is 12.3 Å². The second kappa shape index (κ2) is 5.23. The number of halogens is 6. The van der Waals surface area contributed by atoms with Crippen molar-refractivity contribution in [3.63, 3.8) is 0 Å². The maximum absolute atomic E-state index is 12.5. The summed E-state index contributed by atoms with van der Waals surface area (Å²) in [6.45, 7) is 0. The van der Waals surface area contributed by atoms with E-state index < -0.39 is 51.9 Å². The van der Waals surface area contributed by atoms with Crippen LogP contribution in [0.25, 0.3) is 10.9 Å². The lowest BCUT2D eigenvalue weighted by Gasteiger charge is -2.09. The van der Waals surface area contributed by atoms with Crippen molar-refractivity contribution in [3.05, 3.63) is 24.4 Å². The van der Waals surface area contributed by atoms with Crippen molar-refractivity contribution in [1.82, 2.24) is 9.19 Å². The number of aromatic nitrogens is 2. The minimum absolute atomic E-state index is 0.352. The number of rotatable bonds is 3. The van der Waals surface area contributed by atoms with E-state index in [-0.39, 0.29) is 0 Å². The van der Waals surface area contributed by atoms with Gasteiger partial charge in [0.15, 0.2) is 5.75 Å². The molecule has 0 N–H and O–H groups in total. The molecule has 0 radical (unpaired) electrons. The largest absolute Gasteiger partial charge is 0.534 e. The van der Waals surface area contributed by atoms with Crippen LogP contribution in [0.3, 0.4) is 0 Å². The van der Waals surface area contributed by atoms with Crippen LogP contribution in [-0.4, -0.2) is 37.0 Å². The molecule has 15 heteroatoms. The van der Waals surface area contributed by atoms with Crippen molar-refractivity contribution in [1.29, 1.82) is 0 Å². The van der Waals surface area contributed by atoms with Crippen LogP contribution in [0.4, 0.5) is 26.3 Å². The molecule has 0 aliphatic rings. The Labute approximate surface area is 129 Å². The van der Waals surface area contributed by atoms with Crippen molar-refractivity contribution in [2.45, 2.75) is 11.0 Å². The first kappa shape index (κ1) is 18.3. The van der Waals surface area contributed by atoms with Gasteiger partial charge in [-0.15, -0.1) is 0 Å². The zero-order valence-electron chi connectivity index (χ0n) is 10.8. The van der Waals surface area contributed by atoms with Crippen LogP contribution < -0.4 is 4.18 Å². The van der Waals surface area contributed by atoms with Crippen LogP contribution >= 0.6 is 0 Å². The Hall–Kier alpha value is -2.03. The van der Waals surface area contributed by atoms with Crippen LogP contribution in [0.15, 0.2) is 24.4 Å². The zero-order valence-corrected chi connectivity index (χ0v) is 12.5. The highest BCUT2D eigenvalue weighted by Gasteiger charge is 2.50. The van der Waals surface area contributed by atoms with E-state index in [0.717, 1.165) is 12.1 Å². The third-order valence-electron chi connectivity index (χ3n) is 2.50. The summed E-state index contributed by atoms with van der Waals surface area (Å²) in [6, 6.07) is 2.61. The van der Waals surface area contributed by atoms with Gasteiger partial charge in [-0.2, -0.15) is 52.4 Å². The average molecular weight is 398 g/mol. The maximum Gasteiger partial charge on any atom is 0.534 e. The SMILES string of the molecule is O=S(=O)(Oc1cccc2cn(S(=O)(=O)C(F)(F)F)nc12)C(F)(F)F.